The molecular formula is C37H45N3O8. The van der Waals surface area contributed by atoms with E-state index < -0.39 is 24.4 Å². The van der Waals surface area contributed by atoms with Crippen LogP contribution in [0.1, 0.15) is 34.6 Å². The predicted octanol–water partition coefficient (Wildman–Crippen LogP) is 4.51. The number of hydrogen-bond donors (Lipinski definition) is 1. The molecule has 2 aliphatic rings. The highest BCUT2D eigenvalue weighted by atomic mass is 16.6. The molecule has 1 saturated heterocycles. The first kappa shape index (κ1) is 35.1. The maximum Gasteiger partial charge on any atom is 0.410 e. The van der Waals surface area contributed by atoms with Gasteiger partial charge in [0, 0.05) is 33.3 Å². The highest BCUT2D eigenvalue weighted by molar-refractivity contribution is 5.68. The van der Waals surface area contributed by atoms with Gasteiger partial charge >= 0.3 is 6.09 Å². The van der Waals surface area contributed by atoms with E-state index in [2.05, 4.69) is 17.0 Å². The summed E-state index contributed by atoms with van der Waals surface area (Å²) in [6, 6.07) is 25.1. The Kier molecular flexibility index (Phi) is 13.0. The summed E-state index contributed by atoms with van der Waals surface area (Å²) in [7, 11) is 3.23. The Bertz CT molecular complexity index is 1480. The number of amides is 1. The molecule has 0 aromatic heterocycles. The van der Waals surface area contributed by atoms with Crippen LogP contribution in [-0.2, 0) is 36.9 Å². The van der Waals surface area contributed by atoms with Gasteiger partial charge in [0.1, 0.15) is 25.1 Å². The van der Waals surface area contributed by atoms with Crippen LogP contribution in [0.3, 0.4) is 0 Å². The monoisotopic (exact) mass is 659 g/mol. The molecule has 1 fully saturated rings. The fraction of sp³-hybridized carbons (Fsp3) is 0.459. The molecule has 2 heterocycles. The van der Waals surface area contributed by atoms with Gasteiger partial charge < -0.3 is 43.3 Å². The number of aliphatic hydroxyl groups excluding tert-OH is 1. The minimum atomic E-state index is -0.846. The van der Waals surface area contributed by atoms with Crippen LogP contribution < -0.4 is 9.64 Å². The fourth-order valence-corrected chi connectivity index (χ4v) is 6.18. The van der Waals surface area contributed by atoms with Crippen LogP contribution >= 0.6 is 0 Å². The highest BCUT2D eigenvalue weighted by Crippen LogP contribution is 2.36. The lowest BCUT2D eigenvalue weighted by Crippen LogP contribution is -2.55. The lowest BCUT2D eigenvalue weighted by atomic mass is 9.84. The van der Waals surface area contributed by atoms with Crippen molar-refractivity contribution in [2.45, 2.75) is 43.9 Å². The van der Waals surface area contributed by atoms with Gasteiger partial charge in [0.05, 0.1) is 69.0 Å². The number of piperidine rings is 1. The van der Waals surface area contributed by atoms with Crippen LogP contribution in [0, 0.1) is 11.3 Å². The number of rotatable bonds is 15. The van der Waals surface area contributed by atoms with E-state index in [9.17, 15) is 15.2 Å². The third-order valence-electron chi connectivity index (χ3n) is 8.57. The highest BCUT2D eigenvalue weighted by Gasteiger charge is 2.42. The Balaban J connectivity index is 1.39. The molecule has 48 heavy (non-hydrogen) atoms. The number of fused-ring (bicyclic) bond motifs is 1. The van der Waals surface area contributed by atoms with Crippen LogP contribution in [0.4, 0.5) is 10.5 Å². The molecule has 3 aromatic rings. The largest absolute Gasteiger partial charge is 0.490 e. The summed E-state index contributed by atoms with van der Waals surface area (Å²) in [6.45, 7) is 3.98. The zero-order chi connectivity index (χ0) is 33.7. The summed E-state index contributed by atoms with van der Waals surface area (Å²) in [5.41, 5.74) is 4.31. The number of aliphatic hydroxyl groups is 1. The topological polar surface area (TPSA) is 123 Å². The molecule has 1 N–H and O–H groups in total. The van der Waals surface area contributed by atoms with Crippen molar-refractivity contribution in [3.63, 3.8) is 0 Å². The Morgan fingerprint density at radius 1 is 0.958 bits per heavy atom. The number of methoxy groups -OCH3 is 2. The van der Waals surface area contributed by atoms with Crippen molar-refractivity contribution in [3.05, 3.63) is 95.1 Å². The van der Waals surface area contributed by atoms with Gasteiger partial charge in [0.15, 0.2) is 0 Å². The van der Waals surface area contributed by atoms with Crippen LogP contribution in [0.2, 0.25) is 0 Å². The van der Waals surface area contributed by atoms with E-state index in [1.54, 1.807) is 24.1 Å². The Morgan fingerprint density at radius 3 is 2.46 bits per heavy atom. The number of carbonyl (C=O) groups excluding carboxylic acids is 1. The molecule has 0 radical (unpaired) electrons. The minimum Gasteiger partial charge on any atom is -0.490 e. The Hall–Kier alpha value is -4.18. The third kappa shape index (κ3) is 9.46. The molecule has 3 aromatic carbocycles. The minimum absolute atomic E-state index is 0.00857. The average molecular weight is 660 g/mol. The molecule has 256 valence electrons. The second kappa shape index (κ2) is 17.8. The molecule has 2 aliphatic heterocycles. The standard InChI is InChI=1S/C37H45N3O8/c1-43-17-6-15-39-16-18-45-33-14-11-29(19-32(33)39)24-46-34-21-40(37(42)48-23-28-7-4-3-5-8-28)22-35(47-26-31(41)25-44-2)36(34)30-12-9-27(20-38)10-13-30/h3-5,7-14,19,31,34-36,41H,6,15-18,21-26H2,1-2H3/t31-,34+,35-,36+/m1/s1. The predicted molar refractivity (Wildman–Crippen MR) is 179 cm³/mol. The first-order valence-electron chi connectivity index (χ1n) is 16.3. The fourth-order valence-electron chi connectivity index (χ4n) is 6.18. The SMILES string of the molecule is COCCCN1CCOc2ccc(CO[C@H]3CN(C(=O)OCc4ccccc4)C[C@@H](OC[C@H](O)COC)[C@H]3c3ccc(C#N)cc3)cc21. The summed E-state index contributed by atoms with van der Waals surface area (Å²) < 4.78 is 35.0. The first-order valence-corrected chi connectivity index (χ1v) is 16.3. The van der Waals surface area contributed by atoms with Gasteiger partial charge in [0.25, 0.3) is 0 Å². The molecule has 0 unspecified atom stereocenters. The van der Waals surface area contributed by atoms with E-state index in [1.165, 1.54) is 7.11 Å². The maximum atomic E-state index is 13.5. The molecule has 4 atom stereocenters. The second-order valence-corrected chi connectivity index (χ2v) is 12.0. The number of hydrogen-bond acceptors (Lipinski definition) is 10. The molecule has 0 bridgehead atoms. The van der Waals surface area contributed by atoms with Gasteiger partial charge in [-0.2, -0.15) is 5.26 Å². The van der Waals surface area contributed by atoms with Crippen molar-refractivity contribution in [1.82, 2.24) is 4.90 Å². The van der Waals surface area contributed by atoms with Crippen molar-refractivity contribution in [3.8, 4) is 11.8 Å². The molecule has 5 rings (SSSR count). The van der Waals surface area contributed by atoms with E-state index in [4.69, 9.17) is 28.4 Å². The average Bonchev–Trinajstić information content (AvgIpc) is 3.12. The van der Waals surface area contributed by atoms with Gasteiger partial charge in [-0.1, -0.05) is 48.5 Å². The van der Waals surface area contributed by atoms with Gasteiger partial charge in [0.2, 0.25) is 0 Å². The molecule has 11 nitrogen and oxygen atoms in total. The van der Waals surface area contributed by atoms with Crippen LogP contribution in [-0.4, -0.2) is 101 Å². The third-order valence-corrected chi connectivity index (χ3v) is 8.57. The number of nitrogens with zero attached hydrogens (tertiary/aromatic N) is 3. The number of carbonyl (C=O) groups is 1. The van der Waals surface area contributed by atoms with Crippen LogP contribution in [0.25, 0.3) is 0 Å². The summed E-state index contributed by atoms with van der Waals surface area (Å²) in [6.07, 6.45) is -1.46. The number of anilines is 1. The zero-order valence-corrected chi connectivity index (χ0v) is 27.7. The van der Waals surface area contributed by atoms with Crippen molar-refractivity contribution in [2.24, 2.45) is 0 Å². The summed E-state index contributed by atoms with van der Waals surface area (Å²) in [4.78, 5) is 17.4. The first-order chi connectivity index (χ1) is 23.5. The van der Waals surface area contributed by atoms with E-state index in [0.717, 1.165) is 47.6 Å². The van der Waals surface area contributed by atoms with Crippen molar-refractivity contribution in [1.29, 1.82) is 5.26 Å². The van der Waals surface area contributed by atoms with Crippen LogP contribution in [0.5, 0.6) is 5.75 Å². The van der Waals surface area contributed by atoms with E-state index in [-0.39, 0.29) is 45.4 Å². The van der Waals surface area contributed by atoms with Crippen LogP contribution in [0.15, 0.2) is 72.8 Å². The van der Waals surface area contributed by atoms with Crippen molar-refractivity contribution in [2.75, 3.05) is 71.7 Å². The van der Waals surface area contributed by atoms with Gasteiger partial charge in [-0.15, -0.1) is 0 Å². The number of benzene rings is 3. The van der Waals surface area contributed by atoms with Gasteiger partial charge in [-0.3, -0.25) is 0 Å². The Labute approximate surface area is 282 Å². The molecule has 0 saturated carbocycles. The van der Waals surface area contributed by atoms with Gasteiger partial charge in [-0.25, -0.2) is 4.79 Å². The quantitative estimate of drug-likeness (QED) is 0.233. The second-order valence-electron chi connectivity index (χ2n) is 12.0. The molecule has 0 spiro atoms. The smallest absolute Gasteiger partial charge is 0.410 e. The molecule has 0 aliphatic carbocycles. The number of nitriles is 1. The lowest BCUT2D eigenvalue weighted by Gasteiger charge is -2.43. The number of ether oxygens (including phenoxy) is 6. The Morgan fingerprint density at radius 2 is 1.73 bits per heavy atom. The summed E-state index contributed by atoms with van der Waals surface area (Å²) in [5.74, 6) is 0.531. The van der Waals surface area contributed by atoms with Crippen molar-refractivity contribution < 1.29 is 38.3 Å². The summed E-state index contributed by atoms with van der Waals surface area (Å²) in [5, 5.41) is 19.9. The van der Waals surface area contributed by atoms with Crippen molar-refractivity contribution >= 4 is 11.8 Å². The van der Waals surface area contributed by atoms with E-state index in [1.807, 2.05) is 54.6 Å². The van der Waals surface area contributed by atoms with E-state index in [0.29, 0.717) is 18.8 Å². The molecule has 11 heteroatoms. The normalized spacial score (nSPS) is 19.6. The maximum absolute atomic E-state index is 13.5. The number of likely N-dealkylation sites (tertiary alicyclic amines) is 1. The zero-order valence-electron chi connectivity index (χ0n) is 27.7. The summed E-state index contributed by atoms with van der Waals surface area (Å²) >= 11 is 0. The molecule has 1 amide bonds. The van der Waals surface area contributed by atoms with Gasteiger partial charge in [-0.05, 0) is 47.4 Å². The molecular weight excluding hydrogens is 614 g/mol. The van der Waals surface area contributed by atoms with E-state index >= 15 is 0 Å². The lowest BCUT2D eigenvalue weighted by molar-refractivity contribution is -0.109.